The van der Waals surface area contributed by atoms with Crippen molar-refractivity contribution < 1.29 is 19.6 Å². The van der Waals surface area contributed by atoms with Crippen molar-refractivity contribution in [3.05, 3.63) is 28.8 Å². The minimum Gasteiger partial charge on any atom is -0.324 e. The Balaban J connectivity index is 2.47. The first-order valence-corrected chi connectivity index (χ1v) is 5.01. The van der Waals surface area contributed by atoms with Gasteiger partial charge in [-0.2, -0.15) is 0 Å². The van der Waals surface area contributed by atoms with Crippen LogP contribution in [0.15, 0.2) is 18.2 Å². The fourth-order valence-corrected chi connectivity index (χ4v) is 1.79. The molecule has 0 fully saturated rings. The van der Waals surface area contributed by atoms with Crippen molar-refractivity contribution in [1.29, 1.82) is 0 Å². The van der Waals surface area contributed by atoms with E-state index in [4.69, 9.17) is 16.8 Å². The van der Waals surface area contributed by atoms with Gasteiger partial charge in [-0.15, -0.1) is 0 Å². The zero-order chi connectivity index (χ0) is 12.6. The molecule has 3 N–H and O–H groups in total. The standard InChI is InChI=1S/C10H7ClN2O4/c11-4-1-2-5-6(3-4)12-9(15)7(8(5)14)10(16)13-17/h1-3,7,17H,(H,12,15)(H,13,16). The molecule has 1 heterocycles. The van der Waals surface area contributed by atoms with E-state index < -0.39 is 23.5 Å². The number of rotatable bonds is 1. The third kappa shape index (κ3) is 1.88. The van der Waals surface area contributed by atoms with Crippen LogP contribution in [0.4, 0.5) is 5.69 Å². The number of anilines is 1. The van der Waals surface area contributed by atoms with Crippen molar-refractivity contribution >= 4 is 34.9 Å². The Morgan fingerprint density at radius 3 is 2.76 bits per heavy atom. The van der Waals surface area contributed by atoms with Gasteiger partial charge >= 0.3 is 0 Å². The van der Waals surface area contributed by atoms with Gasteiger partial charge in [0, 0.05) is 10.6 Å². The van der Waals surface area contributed by atoms with E-state index in [2.05, 4.69) is 5.32 Å². The van der Waals surface area contributed by atoms with E-state index in [1.165, 1.54) is 23.7 Å². The van der Waals surface area contributed by atoms with E-state index in [-0.39, 0.29) is 11.3 Å². The molecule has 0 saturated carbocycles. The van der Waals surface area contributed by atoms with Gasteiger partial charge in [-0.25, -0.2) is 5.48 Å². The molecule has 1 atom stereocenters. The van der Waals surface area contributed by atoms with E-state index in [0.717, 1.165) is 0 Å². The van der Waals surface area contributed by atoms with Crippen molar-refractivity contribution in [2.75, 3.05) is 5.32 Å². The van der Waals surface area contributed by atoms with Crippen LogP contribution in [0.2, 0.25) is 5.02 Å². The number of fused-ring (bicyclic) bond motifs is 1. The highest BCUT2D eigenvalue weighted by Crippen LogP contribution is 2.28. The number of hydrogen-bond donors (Lipinski definition) is 3. The Hall–Kier alpha value is -1.92. The molecule has 7 heteroatoms. The van der Waals surface area contributed by atoms with Crippen LogP contribution in [-0.2, 0) is 9.59 Å². The monoisotopic (exact) mass is 254 g/mol. The molecule has 1 aliphatic heterocycles. The second kappa shape index (κ2) is 4.15. The Morgan fingerprint density at radius 1 is 1.41 bits per heavy atom. The Labute approximate surface area is 101 Å². The topological polar surface area (TPSA) is 95.5 Å². The third-order valence-corrected chi connectivity index (χ3v) is 2.64. The molecule has 0 spiro atoms. The maximum atomic E-state index is 11.9. The zero-order valence-corrected chi connectivity index (χ0v) is 9.12. The summed E-state index contributed by atoms with van der Waals surface area (Å²) in [5.41, 5.74) is 1.73. The summed E-state index contributed by atoms with van der Waals surface area (Å²) in [5.74, 6) is -4.11. The van der Waals surface area contributed by atoms with E-state index in [9.17, 15) is 14.4 Å². The number of hydrogen-bond acceptors (Lipinski definition) is 4. The summed E-state index contributed by atoms with van der Waals surface area (Å²) in [5, 5.41) is 11.2. The molecule has 0 saturated heterocycles. The van der Waals surface area contributed by atoms with Gasteiger partial charge in [-0.05, 0) is 18.2 Å². The molecule has 6 nitrogen and oxygen atoms in total. The van der Waals surface area contributed by atoms with Crippen LogP contribution in [0.25, 0.3) is 0 Å². The number of carbonyl (C=O) groups is 3. The van der Waals surface area contributed by atoms with Crippen molar-refractivity contribution in [1.82, 2.24) is 5.48 Å². The summed E-state index contributed by atoms with van der Waals surface area (Å²) >= 11 is 5.72. The normalized spacial score (nSPS) is 18.4. The quantitative estimate of drug-likeness (QED) is 0.388. The van der Waals surface area contributed by atoms with Crippen molar-refractivity contribution in [3.63, 3.8) is 0 Å². The number of amides is 2. The van der Waals surface area contributed by atoms with Gasteiger partial charge in [0.25, 0.3) is 5.91 Å². The molecule has 1 aliphatic rings. The molecule has 1 aromatic carbocycles. The Kier molecular flexibility index (Phi) is 2.83. The van der Waals surface area contributed by atoms with Crippen molar-refractivity contribution in [2.45, 2.75) is 0 Å². The second-order valence-corrected chi connectivity index (χ2v) is 3.89. The number of carbonyl (C=O) groups excluding carboxylic acids is 3. The van der Waals surface area contributed by atoms with Gasteiger partial charge in [-0.1, -0.05) is 11.6 Å². The van der Waals surface area contributed by atoms with Crippen LogP contribution in [0.1, 0.15) is 10.4 Å². The van der Waals surface area contributed by atoms with Gasteiger partial charge in [0.2, 0.25) is 5.91 Å². The number of Topliss-reactive ketones (excluding diaryl/α,β-unsaturated/α-hetero) is 1. The number of ketones is 1. The third-order valence-electron chi connectivity index (χ3n) is 2.40. The summed E-state index contributed by atoms with van der Waals surface area (Å²) in [6.45, 7) is 0. The smallest absolute Gasteiger partial charge is 0.263 e. The largest absolute Gasteiger partial charge is 0.324 e. The lowest BCUT2D eigenvalue weighted by atomic mass is 9.91. The van der Waals surface area contributed by atoms with E-state index in [0.29, 0.717) is 5.02 Å². The molecule has 0 radical (unpaired) electrons. The van der Waals surface area contributed by atoms with Gasteiger partial charge < -0.3 is 5.32 Å². The summed E-state index contributed by atoms with van der Waals surface area (Å²) in [6.07, 6.45) is 0. The summed E-state index contributed by atoms with van der Waals surface area (Å²) in [7, 11) is 0. The number of nitrogens with one attached hydrogen (secondary N) is 2. The van der Waals surface area contributed by atoms with Crippen LogP contribution in [0.5, 0.6) is 0 Å². The fraction of sp³-hybridized carbons (Fsp3) is 0.100. The van der Waals surface area contributed by atoms with E-state index in [1.807, 2.05) is 0 Å². The number of hydroxylamine groups is 1. The van der Waals surface area contributed by atoms with Gasteiger partial charge in [0.1, 0.15) is 0 Å². The molecule has 1 aromatic rings. The molecule has 0 aromatic heterocycles. The maximum absolute atomic E-state index is 11.9. The molecule has 88 valence electrons. The molecule has 0 bridgehead atoms. The fourth-order valence-electron chi connectivity index (χ4n) is 1.62. The highest BCUT2D eigenvalue weighted by atomic mass is 35.5. The number of benzene rings is 1. The molecule has 2 amide bonds. The highest BCUT2D eigenvalue weighted by Gasteiger charge is 2.39. The SMILES string of the molecule is O=C(NO)C1C(=O)Nc2cc(Cl)ccc2C1=O. The molecule has 17 heavy (non-hydrogen) atoms. The lowest BCUT2D eigenvalue weighted by Crippen LogP contribution is -2.44. The Bertz CT molecular complexity index is 529. The van der Waals surface area contributed by atoms with Gasteiger partial charge in [0.05, 0.1) is 5.69 Å². The molecular weight excluding hydrogens is 248 g/mol. The zero-order valence-electron chi connectivity index (χ0n) is 8.36. The van der Waals surface area contributed by atoms with Crippen molar-refractivity contribution in [3.8, 4) is 0 Å². The van der Waals surface area contributed by atoms with Crippen LogP contribution >= 0.6 is 11.6 Å². The van der Waals surface area contributed by atoms with Crippen LogP contribution in [0.3, 0.4) is 0 Å². The number of halogens is 1. The molecule has 1 unspecified atom stereocenters. The minimum atomic E-state index is -1.58. The average molecular weight is 255 g/mol. The molecular formula is C10H7ClN2O4. The first kappa shape index (κ1) is 11.6. The predicted molar refractivity (Wildman–Crippen MR) is 57.8 cm³/mol. The predicted octanol–water partition coefficient (Wildman–Crippen LogP) is 0.596. The highest BCUT2D eigenvalue weighted by molar-refractivity contribution is 6.33. The van der Waals surface area contributed by atoms with Gasteiger partial charge in [-0.3, -0.25) is 19.6 Å². The van der Waals surface area contributed by atoms with Crippen LogP contribution in [0, 0.1) is 5.92 Å². The first-order valence-electron chi connectivity index (χ1n) is 4.63. The summed E-state index contributed by atoms with van der Waals surface area (Å²) < 4.78 is 0. The summed E-state index contributed by atoms with van der Waals surface area (Å²) in [4.78, 5) is 34.6. The maximum Gasteiger partial charge on any atom is 0.263 e. The Morgan fingerprint density at radius 2 is 2.12 bits per heavy atom. The van der Waals surface area contributed by atoms with Gasteiger partial charge in [0.15, 0.2) is 11.7 Å². The van der Waals surface area contributed by atoms with Crippen molar-refractivity contribution in [2.24, 2.45) is 5.92 Å². The molecule has 0 aliphatic carbocycles. The van der Waals surface area contributed by atoms with E-state index >= 15 is 0 Å². The minimum absolute atomic E-state index is 0.183. The molecule has 2 rings (SSSR count). The first-order chi connectivity index (χ1) is 8.04. The lowest BCUT2D eigenvalue weighted by molar-refractivity contribution is -0.136. The van der Waals surface area contributed by atoms with E-state index in [1.54, 1.807) is 0 Å². The summed E-state index contributed by atoms with van der Waals surface area (Å²) in [6, 6.07) is 4.31. The lowest BCUT2D eigenvalue weighted by Gasteiger charge is -2.21. The van der Waals surface area contributed by atoms with Crippen LogP contribution in [-0.4, -0.2) is 22.8 Å². The average Bonchev–Trinajstić information content (AvgIpc) is 2.28. The second-order valence-electron chi connectivity index (χ2n) is 3.45. The van der Waals surface area contributed by atoms with Crippen LogP contribution < -0.4 is 10.8 Å².